The Hall–Kier alpha value is -2.14. The van der Waals surface area contributed by atoms with Gasteiger partial charge >= 0.3 is 0 Å². The van der Waals surface area contributed by atoms with E-state index >= 15 is 0 Å². The molecule has 0 aliphatic heterocycles. The van der Waals surface area contributed by atoms with Crippen LogP contribution in [0.15, 0.2) is 30.3 Å². The number of aromatic nitrogens is 1. The van der Waals surface area contributed by atoms with Crippen LogP contribution in [0.3, 0.4) is 0 Å². The van der Waals surface area contributed by atoms with Gasteiger partial charge in [-0.15, -0.1) is 0 Å². The fraction of sp³-hybridized carbons (Fsp3) is 0.621. The number of rotatable bonds is 12. The van der Waals surface area contributed by atoms with Crippen LogP contribution in [0.25, 0.3) is 10.9 Å². The molecule has 1 amide bonds. The average molecular weight is 462 g/mol. The van der Waals surface area contributed by atoms with E-state index in [4.69, 9.17) is 4.98 Å². The van der Waals surface area contributed by atoms with Crippen LogP contribution in [0.2, 0.25) is 0 Å². The molecule has 1 aromatic carbocycles. The lowest BCUT2D eigenvalue weighted by Crippen LogP contribution is -2.47. The van der Waals surface area contributed by atoms with Gasteiger partial charge in [-0.2, -0.15) is 0 Å². The number of hydrogen-bond donors (Lipinski definition) is 3. The van der Waals surface area contributed by atoms with E-state index in [1.807, 2.05) is 24.3 Å². The van der Waals surface area contributed by atoms with Crippen LogP contribution in [0.1, 0.15) is 77.6 Å². The van der Waals surface area contributed by atoms with Crippen molar-refractivity contribution in [1.29, 1.82) is 0 Å². The molecule has 4 aliphatic carbocycles. The molecule has 0 spiro atoms. The zero-order valence-corrected chi connectivity index (χ0v) is 20.7. The highest BCUT2D eigenvalue weighted by Gasteiger charge is 2.51. The van der Waals surface area contributed by atoms with E-state index in [2.05, 4.69) is 35.5 Å². The maximum atomic E-state index is 13.1. The highest BCUT2D eigenvalue weighted by molar-refractivity contribution is 6.01. The molecule has 1 radical (unpaired) electrons. The molecule has 2 aromatic rings. The zero-order valence-electron chi connectivity index (χ0n) is 20.7. The van der Waals surface area contributed by atoms with E-state index in [1.54, 1.807) is 0 Å². The molecule has 5 nitrogen and oxygen atoms in total. The molecule has 183 valence electrons. The van der Waals surface area contributed by atoms with Crippen LogP contribution in [0.4, 0.5) is 11.5 Å². The summed E-state index contributed by atoms with van der Waals surface area (Å²) in [5, 5.41) is 11.1. The number of nitrogens with zero attached hydrogens (tertiary/aromatic N) is 1. The van der Waals surface area contributed by atoms with Crippen molar-refractivity contribution in [3.8, 4) is 0 Å². The number of carbonyl (C=O) groups is 1. The minimum absolute atomic E-state index is 0.180. The summed E-state index contributed by atoms with van der Waals surface area (Å²) in [5.41, 5.74) is 2.07. The molecule has 4 saturated carbocycles. The van der Waals surface area contributed by atoms with Crippen molar-refractivity contribution in [3.05, 3.63) is 36.9 Å². The first-order chi connectivity index (χ1) is 16.6. The lowest BCUT2D eigenvalue weighted by molar-refractivity contribution is -0.124. The Kier molecular flexibility index (Phi) is 7.38. The number of anilines is 2. The second kappa shape index (κ2) is 10.6. The maximum absolute atomic E-state index is 13.1. The molecule has 6 rings (SSSR count). The van der Waals surface area contributed by atoms with Crippen LogP contribution >= 0.6 is 0 Å². The van der Waals surface area contributed by atoms with Gasteiger partial charge in [0, 0.05) is 24.9 Å². The predicted molar refractivity (Wildman–Crippen MR) is 141 cm³/mol. The van der Waals surface area contributed by atoms with E-state index in [9.17, 15) is 4.79 Å². The lowest BCUT2D eigenvalue weighted by Gasteiger charge is -2.56. The number of amides is 1. The van der Waals surface area contributed by atoms with Gasteiger partial charge < -0.3 is 16.0 Å². The van der Waals surface area contributed by atoms with Gasteiger partial charge in [0.2, 0.25) is 5.91 Å². The number of hydrogen-bond acceptors (Lipinski definition) is 4. The van der Waals surface area contributed by atoms with Crippen molar-refractivity contribution in [2.75, 3.05) is 23.7 Å². The number of benzene rings is 1. The molecule has 1 aromatic heterocycles. The van der Waals surface area contributed by atoms with E-state index < -0.39 is 0 Å². The first kappa shape index (κ1) is 23.6. The highest BCUT2D eigenvalue weighted by atomic mass is 16.1. The molecule has 3 N–H and O–H groups in total. The summed E-state index contributed by atoms with van der Waals surface area (Å²) in [4.78, 5) is 17.9. The smallest absolute Gasteiger partial charge is 0.224 e. The zero-order chi connectivity index (χ0) is 23.4. The van der Waals surface area contributed by atoms with Crippen LogP contribution in [-0.2, 0) is 4.79 Å². The summed E-state index contributed by atoms with van der Waals surface area (Å²) in [6, 6.07) is 10.1. The van der Waals surface area contributed by atoms with Crippen LogP contribution in [0.5, 0.6) is 0 Å². The van der Waals surface area contributed by atoms with Gasteiger partial charge in [0.15, 0.2) is 0 Å². The molecule has 4 aliphatic rings. The van der Waals surface area contributed by atoms with Gasteiger partial charge in [-0.05, 0) is 105 Å². The molecular weight excluding hydrogens is 420 g/mol. The number of pyridine rings is 1. The Bertz CT molecular complexity index is 952. The Morgan fingerprint density at radius 3 is 2.53 bits per heavy atom. The third kappa shape index (κ3) is 5.56. The molecule has 0 atom stereocenters. The van der Waals surface area contributed by atoms with Gasteiger partial charge in [0.05, 0.1) is 11.2 Å². The molecular formula is C29H41N4O. The molecule has 5 heteroatoms. The molecule has 0 unspecified atom stereocenters. The van der Waals surface area contributed by atoms with Crippen molar-refractivity contribution in [1.82, 2.24) is 10.3 Å². The normalized spacial score (nSPS) is 27.3. The van der Waals surface area contributed by atoms with Gasteiger partial charge in [-0.3, -0.25) is 4.79 Å². The van der Waals surface area contributed by atoms with Gasteiger partial charge in [-0.1, -0.05) is 25.8 Å². The first-order valence-electron chi connectivity index (χ1n) is 13.6. The van der Waals surface area contributed by atoms with E-state index in [1.165, 1.54) is 51.4 Å². The Morgan fingerprint density at radius 1 is 1.03 bits per heavy atom. The van der Waals surface area contributed by atoms with Gasteiger partial charge in [0.1, 0.15) is 5.82 Å². The maximum Gasteiger partial charge on any atom is 0.224 e. The Labute approximate surface area is 204 Å². The van der Waals surface area contributed by atoms with Crippen LogP contribution in [-0.4, -0.2) is 24.0 Å². The monoisotopic (exact) mass is 461 g/mol. The van der Waals surface area contributed by atoms with Gasteiger partial charge in [0.25, 0.3) is 0 Å². The largest absolute Gasteiger partial charge is 0.370 e. The third-order valence-electron chi connectivity index (χ3n) is 8.36. The summed E-state index contributed by atoms with van der Waals surface area (Å²) in [6.07, 6.45) is 13.4. The number of fused-ring (bicyclic) bond motifs is 1. The molecule has 0 saturated heterocycles. The first-order valence-corrected chi connectivity index (χ1v) is 13.6. The highest BCUT2D eigenvalue weighted by Crippen LogP contribution is 2.61. The Morgan fingerprint density at radius 2 is 1.79 bits per heavy atom. The molecule has 4 fully saturated rings. The van der Waals surface area contributed by atoms with E-state index in [0.29, 0.717) is 6.42 Å². The van der Waals surface area contributed by atoms with E-state index in [0.717, 1.165) is 66.1 Å². The standard InChI is InChI=1S/C29H41N4O/c1-2-3-4-11-30-12-6-13-31-27-10-9-24-25(32-27)7-5-8-26(24)33-28(34)20-29-17-21-14-22(18-29)16-23(15-21)19-29/h5,7-11,21-23,30H,2-4,6,12-20H2,1H3,(H,31,32)(H,33,34). The summed E-state index contributed by atoms with van der Waals surface area (Å²) >= 11 is 0. The van der Waals surface area contributed by atoms with Crippen LogP contribution < -0.4 is 16.0 Å². The number of unbranched alkanes of at least 4 members (excludes halogenated alkanes) is 2. The fourth-order valence-electron chi connectivity index (χ4n) is 7.32. The number of carbonyl (C=O) groups excluding carboxylic acids is 1. The second-order valence-electron chi connectivity index (χ2n) is 11.3. The SMILES string of the molecule is CCCC[CH]NCCCNc1ccc2c(NC(=O)CC34CC5CC(CC(C5)C3)C4)cccc2n1. The molecule has 34 heavy (non-hydrogen) atoms. The minimum Gasteiger partial charge on any atom is -0.370 e. The second-order valence-corrected chi connectivity index (χ2v) is 11.3. The topological polar surface area (TPSA) is 66.0 Å². The van der Waals surface area contributed by atoms with Crippen molar-refractivity contribution < 1.29 is 4.79 Å². The minimum atomic E-state index is 0.180. The lowest BCUT2D eigenvalue weighted by atomic mass is 9.49. The molecule has 4 bridgehead atoms. The Balaban J connectivity index is 1.14. The van der Waals surface area contributed by atoms with E-state index in [-0.39, 0.29) is 11.3 Å². The van der Waals surface area contributed by atoms with Crippen molar-refractivity contribution in [3.63, 3.8) is 0 Å². The van der Waals surface area contributed by atoms with Crippen LogP contribution in [0, 0.1) is 29.7 Å². The van der Waals surface area contributed by atoms with Gasteiger partial charge in [-0.25, -0.2) is 4.98 Å². The summed E-state index contributed by atoms with van der Waals surface area (Å²) < 4.78 is 0. The molecule has 1 heterocycles. The predicted octanol–water partition coefficient (Wildman–Crippen LogP) is 6.52. The summed E-state index contributed by atoms with van der Waals surface area (Å²) in [6.45, 7) is 6.25. The third-order valence-corrected chi connectivity index (χ3v) is 8.36. The number of nitrogens with one attached hydrogen (secondary N) is 3. The summed E-state index contributed by atoms with van der Waals surface area (Å²) in [5.74, 6) is 3.70. The van der Waals surface area contributed by atoms with Crippen molar-refractivity contribution in [2.45, 2.75) is 77.6 Å². The van der Waals surface area contributed by atoms with Crippen molar-refractivity contribution in [2.24, 2.45) is 23.2 Å². The fourth-order valence-corrected chi connectivity index (χ4v) is 7.32. The average Bonchev–Trinajstić information content (AvgIpc) is 2.79. The quantitative estimate of drug-likeness (QED) is 0.315. The van der Waals surface area contributed by atoms with Crippen molar-refractivity contribution >= 4 is 28.3 Å². The summed E-state index contributed by atoms with van der Waals surface area (Å²) in [7, 11) is 0.